The normalized spacial score (nSPS) is 14.0. The number of ketones is 1. The molecular weight excluding hydrogens is 433 g/mol. The number of hydrogen-bond acceptors (Lipinski definition) is 4. The summed E-state index contributed by atoms with van der Waals surface area (Å²) in [5, 5.41) is 2.87. The van der Waals surface area contributed by atoms with Crippen molar-refractivity contribution in [2.75, 3.05) is 38.0 Å². The topological polar surface area (TPSA) is 69.7 Å². The molecule has 3 aromatic rings. The van der Waals surface area contributed by atoms with E-state index in [1.165, 1.54) is 12.1 Å². The van der Waals surface area contributed by atoms with Crippen LogP contribution in [0, 0.1) is 5.82 Å². The standard InChI is InChI=1S/C27H26FN3O3/c28-22-12-10-20(11-13-22)18-26(33)31-16-14-30(15-17-31)19-25(32)29-24-9-5-4-8-23(24)27(34)21-6-2-1-3-7-21/h1-13H,14-19H2,(H,29,32). The Morgan fingerprint density at radius 1 is 0.794 bits per heavy atom. The first-order valence-corrected chi connectivity index (χ1v) is 11.2. The van der Waals surface area contributed by atoms with Gasteiger partial charge in [-0.3, -0.25) is 19.3 Å². The number of anilines is 1. The second-order valence-electron chi connectivity index (χ2n) is 8.25. The van der Waals surface area contributed by atoms with Crippen LogP contribution in [-0.2, 0) is 16.0 Å². The molecule has 0 aliphatic carbocycles. The lowest BCUT2D eigenvalue weighted by atomic mass is 10.0. The number of benzene rings is 3. The Morgan fingerprint density at radius 2 is 1.44 bits per heavy atom. The summed E-state index contributed by atoms with van der Waals surface area (Å²) >= 11 is 0. The van der Waals surface area contributed by atoms with Crippen molar-refractivity contribution in [2.45, 2.75) is 6.42 Å². The number of carbonyl (C=O) groups is 3. The van der Waals surface area contributed by atoms with Gasteiger partial charge < -0.3 is 10.2 Å². The Morgan fingerprint density at radius 3 is 2.15 bits per heavy atom. The van der Waals surface area contributed by atoms with Gasteiger partial charge in [-0.25, -0.2) is 4.39 Å². The summed E-state index contributed by atoms with van der Waals surface area (Å²) in [7, 11) is 0. The van der Waals surface area contributed by atoms with E-state index in [-0.39, 0.29) is 36.4 Å². The summed E-state index contributed by atoms with van der Waals surface area (Å²) < 4.78 is 13.1. The highest BCUT2D eigenvalue weighted by Crippen LogP contribution is 2.19. The average Bonchev–Trinajstić information content (AvgIpc) is 2.86. The molecule has 1 saturated heterocycles. The molecule has 1 aliphatic heterocycles. The SMILES string of the molecule is O=C(CN1CCN(C(=O)Cc2ccc(F)cc2)CC1)Nc1ccccc1C(=O)c1ccccc1. The first-order chi connectivity index (χ1) is 16.5. The van der Waals surface area contributed by atoms with Crippen molar-refractivity contribution in [3.63, 3.8) is 0 Å². The molecule has 0 unspecified atom stereocenters. The van der Waals surface area contributed by atoms with Gasteiger partial charge in [0.1, 0.15) is 5.82 Å². The molecule has 3 aromatic carbocycles. The molecule has 0 aromatic heterocycles. The Kier molecular flexibility index (Phi) is 7.44. The van der Waals surface area contributed by atoms with Gasteiger partial charge in [0.05, 0.1) is 18.7 Å². The van der Waals surface area contributed by atoms with E-state index in [1.807, 2.05) is 11.0 Å². The molecule has 0 radical (unpaired) electrons. The van der Waals surface area contributed by atoms with Crippen LogP contribution in [0.4, 0.5) is 10.1 Å². The van der Waals surface area contributed by atoms with Gasteiger partial charge >= 0.3 is 0 Å². The van der Waals surface area contributed by atoms with Gasteiger partial charge in [0.15, 0.2) is 5.78 Å². The predicted octanol–water partition coefficient (Wildman–Crippen LogP) is 3.38. The van der Waals surface area contributed by atoms with Gasteiger partial charge in [0.25, 0.3) is 0 Å². The van der Waals surface area contributed by atoms with Crippen molar-refractivity contribution < 1.29 is 18.8 Å². The first-order valence-electron chi connectivity index (χ1n) is 11.2. The fourth-order valence-corrected chi connectivity index (χ4v) is 3.97. The maximum absolute atomic E-state index is 13.1. The molecule has 1 heterocycles. The zero-order valence-corrected chi connectivity index (χ0v) is 18.7. The van der Waals surface area contributed by atoms with Gasteiger partial charge in [-0.1, -0.05) is 54.6 Å². The van der Waals surface area contributed by atoms with Crippen LogP contribution in [0.1, 0.15) is 21.5 Å². The molecule has 174 valence electrons. The van der Waals surface area contributed by atoms with Gasteiger partial charge in [-0.15, -0.1) is 0 Å². The summed E-state index contributed by atoms with van der Waals surface area (Å²) in [4.78, 5) is 41.9. The molecule has 0 saturated carbocycles. The zero-order valence-electron chi connectivity index (χ0n) is 18.7. The quantitative estimate of drug-likeness (QED) is 0.550. The van der Waals surface area contributed by atoms with E-state index in [2.05, 4.69) is 5.32 Å². The van der Waals surface area contributed by atoms with Crippen molar-refractivity contribution >= 4 is 23.3 Å². The monoisotopic (exact) mass is 459 g/mol. The number of carbonyl (C=O) groups excluding carboxylic acids is 3. The number of piperazine rings is 1. The fraction of sp³-hybridized carbons (Fsp3) is 0.222. The number of amides is 2. The Balaban J connectivity index is 1.29. The molecule has 1 aliphatic rings. The van der Waals surface area contributed by atoms with E-state index in [1.54, 1.807) is 65.6 Å². The molecule has 2 amide bonds. The molecule has 1 fully saturated rings. The first kappa shape index (κ1) is 23.3. The van der Waals surface area contributed by atoms with E-state index >= 15 is 0 Å². The minimum absolute atomic E-state index is 0.0101. The molecular formula is C27H26FN3O3. The molecule has 1 N–H and O–H groups in total. The third kappa shape index (κ3) is 5.94. The van der Waals surface area contributed by atoms with Gasteiger partial charge in [0, 0.05) is 37.3 Å². The summed E-state index contributed by atoms with van der Waals surface area (Å²) in [6.07, 6.45) is 0.229. The highest BCUT2D eigenvalue weighted by atomic mass is 19.1. The molecule has 4 rings (SSSR count). The van der Waals surface area contributed by atoms with E-state index in [9.17, 15) is 18.8 Å². The van der Waals surface area contributed by atoms with Crippen LogP contribution >= 0.6 is 0 Å². The lowest BCUT2D eigenvalue weighted by molar-refractivity contribution is -0.132. The summed E-state index contributed by atoms with van der Waals surface area (Å²) in [5.74, 6) is -0.691. The van der Waals surface area contributed by atoms with Crippen LogP contribution in [0.5, 0.6) is 0 Å². The highest BCUT2D eigenvalue weighted by molar-refractivity contribution is 6.13. The maximum Gasteiger partial charge on any atom is 0.238 e. The van der Waals surface area contributed by atoms with Crippen molar-refractivity contribution in [2.24, 2.45) is 0 Å². The third-order valence-corrected chi connectivity index (χ3v) is 5.84. The minimum Gasteiger partial charge on any atom is -0.340 e. The molecule has 34 heavy (non-hydrogen) atoms. The largest absolute Gasteiger partial charge is 0.340 e. The maximum atomic E-state index is 13.1. The van der Waals surface area contributed by atoms with Crippen LogP contribution in [0.25, 0.3) is 0 Å². The van der Waals surface area contributed by atoms with Crippen molar-refractivity contribution in [3.05, 3.63) is 101 Å². The summed E-state index contributed by atoms with van der Waals surface area (Å²) in [5.41, 5.74) is 2.26. The Bertz CT molecular complexity index is 1160. The van der Waals surface area contributed by atoms with Crippen molar-refractivity contribution in [1.29, 1.82) is 0 Å². The summed E-state index contributed by atoms with van der Waals surface area (Å²) in [6.45, 7) is 2.38. The van der Waals surface area contributed by atoms with E-state index in [4.69, 9.17) is 0 Å². The van der Waals surface area contributed by atoms with E-state index in [0.29, 0.717) is 43.0 Å². The Labute approximate surface area is 198 Å². The van der Waals surface area contributed by atoms with E-state index in [0.717, 1.165) is 5.56 Å². The van der Waals surface area contributed by atoms with Crippen molar-refractivity contribution in [3.8, 4) is 0 Å². The number of halogens is 1. The third-order valence-electron chi connectivity index (χ3n) is 5.84. The van der Waals surface area contributed by atoms with Crippen LogP contribution in [0.2, 0.25) is 0 Å². The lowest BCUT2D eigenvalue weighted by Gasteiger charge is -2.34. The number of para-hydroxylation sites is 1. The highest BCUT2D eigenvalue weighted by Gasteiger charge is 2.23. The fourth-order valence-electron chi connectivity index (χ4n) is 3.97. The minimum atomic E-state index is -0.324. The Hall–Kier alpha value is -3.84. The van der Waals surface area contributed by atoms with Crippen LogP contribution in [-0.4, -0.2) is 60.1 Å². The second kappa shape index (κ2) is 10.9. The second-order valence-corrected chi connectivity index (χ2v) is 8.25. The number of rotatable bonds is 7. The summed E-state index contributed by atoms with van der Waals surface area (Å²) in [6, 6.07) is 21.9. The van der Waals surface area contributed by atoms with Crippen molar-refractivity contribution in [1.82, 2.24) is 9.80 Å². The number of nitrogens with zero attached hydrogens (tertiary/aromatic N) is 2. The smallest absolute Gasteiger partial charge is 0.238 e. The molecule has 6 nitrogen and oxygen atoms in total. The van der Waals surface area contributed by atoms with Gasteiger partial charge in [0.2, 0.25) is 11.8 Å². The molecule has 0 spiro atoms. The number of nitrogens with one attached hydrogen (secondary N) is 1. The van der Waals surface area contributed by atoms with Gasteiger partial charge in [-0.05, 0) is 29.8 Å². The molecule has 0 bridgehead atoms. The molecule has 0 atom stereocenters. The zero-order chi connectivity index (χ0) is 23.9. The average molecular weight is 460 g/mol. The van der Waals surface area contributed by atoms with Crippen LogP contribution < -0.4 is 5.32 Å². The van der Waals surface area contributed by atoms with Crippen LogP contribution in [0.3, 0.4) is 0 Å². The lowest BCUT2D eigenvalue weighted by Crippen LogP contribution is -2.50. The number of hydrogen-bond donors (Lipinski definition) is 1. The van der Waals surface area contributed by atoms with Gasteiger partial charge in [-0.2, -0.15) is 0 Å². The molecule has 7 heteroatoms. The predicted molar refractivity (Wildman–Crippen MR) is 128 cm³/mol. The van der Waals surface area contributed by atoms with Crippen LogP contribution in [0.15, 0.2) is 78.9 Å². The van der Waals surface area contributed by atoms with E-state index < -0.39 is 0 Å².